The van der Waals surface area contributed by atoms with Crippen LogP contribution in [0.4, 0.5) is 0 Å². The number of rotatable bonds is 0. The summed E-state index contributed by atoms with van der Waals surface area (Å²) in [5, 5.41) is 19.1. The Bertz CT molecular complexity index is 156. The van der Waals surface area contributed by atoms with Crippen LogP contribution in [0.1, 0.15) is 26.2 Å². The van der Waals surface area contributed by atoms with E-state index in [1.165, 1.54) is 0 Å². The van der Waals surface area contributed by atoms with Crippen molar-refractivity contribution in [2.75, 3.05) is 0 Å². The predicted octanol–water partition coefficient (Wildman–Crippen LogP) is 0.774. The van der Waals surface area contributed by atoms with Gasteiger partial charge in [0.05, 0.1) is 12.2 Å². The van der Waals surface area contributed by atoms with Gasteiger partial charge < -0.3 is 10.2 Å². The van der Waals surface area contributed by atoms with Crippen molar-refractivity contribution in [1.82, 2.24) is 0 Å². The van der Waals surface area contributed by atoms with Crippen LogP contribution in [0.15, 0.2) is 0 Å². The zero-order valence-electron chi connectivity index (χ0n) is 6.90. The Morgan fingerprint density at radius 2 is 1.82 bits per heavy atom. The summed E-state index contributed by atoms with van der Waals surface area (Å²) in [5.74, 6) is 1.37. The minimum Gasteiger partial charge on any atom is -0.390 e. The SMILES string of the molecule is CC1CC2CCC1C(O)C2O. The monoisotopic (exact) mass is 156 g/mol. The fourth-order valence-electron chi connectivity index (χ4n) is 2.81. The molecule has 3 aliphatic carbocycles. The fraction of sp³-hybridized carbons (Fsp3) is 1.00. The van der Waals surface area contributed by atoms with Crippen LogP contribution in [0.25, 0.3) is 0 Å². The average molecular weight is 156 g/mol. The van der Waals surface area contributed by atoms with Crippen molar-refractivity contribution in [3.8, 4) is 0 Å². The van der Waals surface area contributed by atoms with E-state index in [1.54, 1.807) is 0 Å². The van der Waals surface area contributed by atoms with Crippen LogP contribution in [-0.2, 0) is 0 Å². The summed E-state index contributed by atoms with van der Waals surface area (Å²) >= 11 is 0. The lowest BCUT2D eigenvalue weighted by Gasteiger charge is -2.47. The quantitative estimate of drug-likeness (QED) is 0.544. The van der Waals surface area contributed by atoms with Gasteiger partial charge in [-0.2, -0.15) is 0 Å². The maximum absolute atomic E-state index is 9.59. The molecule has 0 amide bonds. The van der Waals surface area contributed by atoms with Crippen molar-refractivity contribution in [2.24, 2.45) is 17.8 Å². The third-order valence-electron chi connectivity index (χ3n) is 3.55. The lowest BCUT2D eigenvalue weighted by atomic mass is 9.62. The van der Waals surface area contributed by atoms with E-state index in [4.69, 9.17) is 0 Å². The normalized spacial score (nSPS) is 56.5. The molecular weight excluding hydrogens is 140 g/mol. The lowest BCUT2D eigenvalue weighted by molar-refractivity contribution is -0.129. The largest absolute Gasteiger partial charge is 0.390 e. The van der Waals surface area contributed by atoms with Gasteiger partial charge >= 0.3 is 0 Å². The minimum absolute atomic E-state index is 0.370. The molecule has 3 saturated carbocycles. The second-order valence-corrected chi connectivity index (χ2v) is 4.20. The number of fused-ring (bicyclic) bond motifs is 3. The van der Waals surface area contributed by atoms with Crippen molar-refractivity contribution >= 4 is 0 Å². The Kier molecular flexibility index (Phi) is 1.69. The average Bonchev–Trinajstić information content (AvgIpc) is 1.99. The van der Waals surface area contributed by atoms with Crippen molar-refractivity contribution in [2.45, 2.75) is 38.4 Å². The summed E-state index contributed by atoms with van der Waals surface area (Å²) in [6, 6.07) is 0. The van der Waals surface area contributed by atoms with E-state index in [1.807, 2.05) is 0 Å². The zero-order valence-corrected chi connectivity index (χ0v) is 6.90. The van der Waals surface area contributed by atoms with E-state index in [2.05, 4.69) is 6.92 Å². The number of aliphatic hydroxyl groups is 2. The van der Waals surface area contributed by atoms with Gasteiger partial charge in [-0.3, -0.25) is 0 Å². The van der Waals surface area contributed by atoms with Gasteiger partial charge in [-0.1, -0.05) is 6.92 Å². The first kappa shape index (κ1) is 7.56. The fourth-order valence-corrected chi connectivity index (χ4v) is 2.81. The molecule has 0 aliphatic heterocycles. The molecule has 0 radical (unpaired) electrons. The number of hydrogen-bond acceptors (Lipinski definition) is 2. The van der Waals surface area contributed by atoms with E-state index in [0.29, 0.717) is 17.8 Å². The molecule has 2 nitrogen and oxygen atoms in total. The summed E-state index contributed by atoms with van der Waals surface area (Å²) in [5.41, 5.74) is 0. The smallest absolute Gasteiger partial charge is 0.0832 e. The van der Waals surface area contributed by atoms with Gasteiger partial charge in [-0.15, -0.1) is 0 Å². The molecular formula is C9H16O2. The molecule has 0 aromatic rings. The van der Waals surface area contributed by atoms with E-state index >= 15 is 0 Å². The molecule has 2 heteroatoms. The Balaban J connectivity index is 2.16. The van der Waals surface area contributed by atoms with Gasteiger partial charge in [-0.25, -0.2) is 0 Å². The van der Waals surface area contributed by atoms with Crippen molar-refractivity contribution in [3.63, 3.8) is 0 Å². The van der Waals surface area contributed by atoms with Gasteiger partial charge in [0, 0.05) is 0 Å². The second-order valence-electron chi connectivity index (χ2n) is 4.20. The van der Waals surface area contributed by atoms with E-state index in [-0.39, 0.29) is 0 Å². The van der Waals surface area contributed by atoms with E-state index in [9.17, 15) is 10.2 Å². The van der Waals surface area contributed by atoms with Crippen LogP contribution in [-0.4, -0.2) is 22.4 Å². The van der Waals surface area contributed by atoms with Gasteiger partial charge in [-0.05, 0) is 37.0 Å². The Hall–Kier alpha value is -0.0800. The molecule has 0 saturated heterocycles. The van der Waals surface area contributed by atoms with Crippen molar-refractivity contribution in [1.29, 1.82) is 0 Å². The highest BCUT2D eigenvalue weighted by molar-refractivity contribution is 4.95. The first-order chi connectivity index (χ1) is 5.20. The molecule has 3 rings (SSSR count). The van der Waals surface area contributed by atoms with Crippen LogP contribution < -0.4 is 0 Å². The standard InChI is InChI=1S/C9H16O2/c1-5-4-6-2-3-7(5)9(11)8(6)10/h5-11H,2-4H2,1H3. The first-order valence-electron chi connectivity index (χ1n) is 4.56. The highest BCUT2D eigenvalue weighted by atomic mass is 16.3. The summed E-state index contributed by atoms with van der Waals surface area (Å²) in [6.45, 7) is 2.19. The maximum atomic E-state index is 9.59. The first-order valence-corrected chi connectivity index (χ1v) is 4.56. The van der Waals surface area contributed by atoms with Crippen LogP contribution in [0.2, 0.25) is 0 Å². The topological polar surface area (TPSA) is 40.5 Å². The van der Waals surface area contributed by atoms with Crippen molar-refractivity contribution < 1.29 is 10.2 Å². The molecule has 5 unspecified atom stereocenters. The van der Waals surface area contributed by atoms with E-state index < -0.39 is 12.2 Å². The van der Waals surface area contributed by atoms with Gasteiger partial charge in [0.15, 0.2) is 0 Å². The van der Waals surface area contributed by atoms with Gasteiger partial charge in [0.25, 0.3) is 0 Å². The van der Waals surface area contributed by atoms with Crippen LogP contribution in [0.3, 0.4) is 0 Å². The predicted molar refractivity (Wildman–Crippen MR) is 42.0 cm³/mol. The molecule has 2 N–H and O–H groups in total. The molecule has 0 spiro atoms. The van der Waals surface area contributed by atoms with Crippen LogP contribution in [0.5, 0.6) is 0 Å². The molecule has 3 fully saturated rings. The van der Waals surface area contributed by atoms with Crippen LogP contribution in [0, 0.1) is 17.8 Å². The van der Waals surface area contributed by atoms with Crippen LogP contribution >= 0.6 is 0 Å². The number of aliphatic hydroxyl groups excluding tert-OH is 2. The Morgan fingerprint density at radius 1 is 1.09 bits per heavy atom. The molecule has 2 bridgehead atoms. The Morgan fingerprint density at radius 3 is 2.27 bits per heavy atom. The summed E-state index contributed by atoms with van der Waals surface area (Å²) in [4.78, 5) is 0. The van der Waals surface area contributed by atoms with Crippen molar-refractivity contribution in [3.05, 3.63) is 0 Å². The molecule has 0 aromatic carbocycles. The van der Waals surface area contributed by atoms with E-state index in [0.717, 1.165) is 19.3 Å². The minimum atomic E-state index is -0.433. The lowest BCUT2D eigenvalue weighted by Crippen LogP contribution is -2.51. The summed E-state index contributed by atoms with van der Waals surface area (Å²) in [6.07, 6.45) is 2.49. The third kappa shape index (κ3) is 1.00. The van der Waals surface area contributed by atoms with Gasteiger partial charge in [0.2, 0.25) is 0 Å². The summed E-state index contributed by atoms with van der Waals surface area (Å²) < 4.78 is 0. The van der Waals surface area contributed by atoms with Gasteiger partial charge in [0.1, 0.15) is 0 Å². The molecule has 64 valence electrons. The highest BCUT2D eigenvalue weighted by Crippen LogP contribution is 2.44. The Labute approximate surface area is 67.2 Å². The molecule has 0 aromatic heterocycles. The second kappa shape index (κ2) is 2.46. The molecule has 0 heterocycles. The third-order valence-corrected chi connectivity index (χ3v) is 3.55. The number of hydrogen-bond donors (Lipinski definition) is 2. The summed E-state index contributed by atoms with van der Waals surface area (Å²) in [7, 11) is 0. The zero-order chi connectivity index (χ0) is 8.01. The molecule has 11 heavy (non-hydrogen) atoms. The maximum Gasteiger partial charge on any atom is 0.0832 e. The highest BCUT2D eigenvalue weighted by Gasteiger charge is 2.45. The molecule has 5 atom stereocenters. The molecule has 3 aliphatic rings.